The number of allylic oxidation sites excluding steroid dienone is 1. The number of fused-ring (bicyclic) bond motifs is 1. The molecular formula is C34H37N3O4. The number of ketones is 1. The van der Waals surface area contributed by atoms with Crippen LogP contribution >= 0.6 is 0 Å². The summed E-state index contributed by atoms with van der Waals surface area (Å²) >= 11 is 0. The van der Waals surface area contributed by atoms with Crippen molar-refractivity contribution in [2.45, 2.75) is 51.0 Å². The summed E-state index contributed by atoms with van der Waals surface area (Å²) in [7, 11) is 3.31. The van der Waals surface area contributed by atoms with Crippen molar-refractivity contribution < 1.29 is 19.1 Å². The van der Waals surface area contributed by atoms with Crippen molar-refractivity contribution >= 4 is 28.8 Å². The van der Waals surface area contributed by atoms with Crippen molar-refractivity contribution in [3.63, 3.8) is 0 Å². The van der Waals surface area contributed by atoms with Gasteiger partial charge in [-0.2, -0.15) is 0 Å². The van der Waals surface area contributed by atoms with E-state index < -0.39 is 6.04 Å². The van der Waals surface area contributed by atoms with Gasteiger partial charge in [-0.25, -0.2) is 0 Å². The van der Waals surface area contributed by atoms with Gasteiger partial charge in [0.05, 0.1) is 31.6 Å². The fourth-order valence-electron chi connectivity index (χ4n) is 6.62. The zero-order chi connectivity index (χ0) is 28.5. The van der Waals surface area contributed by atoms with E-state index >= 15 is 0 Å². The highest BCUT2D eigenvalue weighted by molar-refractivity contribution is 6.06. The number of piperidine rings is 1. The maximum absolute atomic E-state index is 14.2. The number of rotatable bonds is 5. The van der Waals surface area contributed by atoms with Crippen molar-refractivity contribution in [1.82, 2.24) is 0 Å². The smallest absolute Gasteiger partial charge is 0.224 e. The standard InChI is InChI=1S/C34H37N3O4/c1-22(38)37-30-10-6-5-9-28(30)35-29-19-24(23-11-14-26(40-2)15-12-23)20-31(39)33(29)34(37)27-16-13-25(21-32(27)41-3)36-17-7-4-8-18-36/h5-6,9-16,21,24,34-35H,4,7-8,17-20H2,1-3H3. The summed E-state index contributed by atoms with van der Waals surface area (Å²) in [5.41, 5.74) is 6.05. The van der Waals surface area contributed by atoms with Crippen LogP contribution in [0.15, 0.2) is 78.0 Å². The molecule has 1 aliphatic carbocycles. The number of nitrogens with one attached hydrogen (secondary N) is 1. The van der Waals surface area contributed by atoms with Crippen LogP contribution in [0.5, 0.6) is 11.5 Å². The normalized spacial score (nSPS) is 20.5. The summed E-state index contributed by atoms with van der Waals surface area (Å²) in [6.45, 7) is 3.60. The van der Waals surface area contributed by atoms with Gasteiger partial charge in [-0.3, -0.25) is 14.5 Å². The van der Waals surface area contributed by atoms with E-state index in [0.717, 1.165) is 52.7 Å². The van der Waals surface area contributed by atoms with Gasteiger partial charge >= 0.3 is 0 Å². The summed E-state index contributed by atoms with van der Waals surface area (Å²) in [6.07, 6.45) is 4.61. The molecule has 212 valence electrons. The number of anilines is 3. The molecule has 0 saturated carbocycles. The lowest BCUT2D eigenvalue weighted by Crippen LogP contribution is -2.37. The first-order valence-electron chi connectivity index (χ1n) is 14.5. The molecule has 7 nitrogen and oxygen atoms in total. The SMILES string of the molecule is COc1ccc(C2CC(=O)C3=C(C2)Nc2ccccc2N(C(C)=O)C3c2ccc(N3CCCCC3)cc2OC)cc1. The number of Topliss-reactive ketones (excluding diaryl/α,β-unsaturated/α-hetero) is 1. The topological polar surface area (TPSA) is 71.1 Å². The van der Waals surface area contributed by atoms with Gasteiger partial charge in [0, 0.05) is 55.0 Å². The first kappa shape index (κ1) is 26.9. The van der Waals surface area contributed by atoms with Crippen LogP contribution in [-0.4, -0.2) is 39.0 Å². The third-order valence-corrected chi connectivity index (χ3v) is 8.65. The second-order valence-electron chi connectivity index (χ2n) is 11.1. The lowest BCUT2D eigenvalue weighted by molar-refractivity contribution is -0.117. The van der Waals surface area contributed by atoms with E-state index in [-0.39, 0.29) is 17.6 Å². The van der Waals surface area contributed by atoms with Gasteiger partial charge in [0.2, 0.25) is 5.91 Å². The Morgan fingerprint density at radius 3 is 2.37 bits per heavy atom. The van der Waals surface area contributed by atoms with Crippen molar-refractivity contribution in [2.75, 3.05) is 42.4 Å². The molecule has 41 heavy (non-hydrogen) atoms. The average Bonchev–Trinajstić information content (AvgIpc) is 3.16. The largest absolute Gasteiger partial charge is 0.497 e. The van der Waals surface area contributed by atoms with Gasteiger partial charge in [0.25, 0.3) is 0 Å². The third-order valence-electron chi connectivity index (χ3n) is 8.65. The molecule has 1 fully saturated rings. The van der Waals surface area contributed by atoms with Crippen LogP contribution in [-0.2, 0) is 9.59 Å². The second kappa shape index (κ2) is 11.3. The summed E-state index contributed by atoms with van der Waals surface area (Å²) in [5.74, 6) is 1.38. The number of nitrogens with zero attached hydrogens (tertiary/aromatic N) is 2. The fourth-order valence-corrected chi connectivity index (χ4v) is 6.62. The second-order valence-corrected chi connectivity index (χ2v) is 11.1. The molecule has 2 atom stereocenters. The monoisotopic (exact) mass is 551 g/mol. The highest BCUT2D eigenvalue weighted by Crippen LogP contribution is 2.49. The van der Waals surface area contributed by atoms with Crippen LogP contribution in [0.1, 0.15) is 62.1 Å². The minimum Gasteiger partial charge on any atom is -0.497 e. The number of amides is 1. The van der Waals surface area contributed by atoms with Crippen LogP contribution in [0, 0.1) is 0 Å². The maximum atomic E-state index is 14.2. The molecule has 0 bridgehead atoms. The number of hydrogen-bond acceptors (Lipinski definition) is 6. The van der Waals surface area contributed by atoms with E-state index in [2.05, 4.69) is 22.3 Å². The molecule has 3 aromatic carbocycles. The van der Waals surface area contributed by atoms with Gasteiger partial charge in [-0.15, -0.1) is 0 Å². The summed E-state index contributed by atoms with van der Waals surface area (Å²) in [5, 5.41) is 3.59. The Bertz CT molecular complexity index is 1490. The van der Waals surface area contributed by atoms with E-state index in [0.29, 0.717) is 24.2 Å². The number of benzene rings is 3. The Kier molecular flexibility index (Phi) is 7.43. The zero-order valence-corrected chi connectivity index (χ0v) is 24.0. The van der Waals surface area contributed by atoms with Crippen LogP contribution in [0.2, 0.25) is 0 Å². The van der Waals surface area contributed by atoms with E-state index in [9.17, 15) is 9.59 Å². The summed E-state index contributed by atoms with van der Waals surface area (Å²) in [6, 6.07) is 21.3. The summed E-state index contributed by atoms with van der Waals surface area (Å²) < 4.78 is 11.3. The first-order valence-corrected chi connectivity index (χ1v) is 14.5. The van der Waals surface area contributed by atoms with Gasteiger partial charge in [0.1, 0.15) is 11.5 Å². The first-order chi connectivity index (χ1) is 20.0. The number of carbonyl (C=O) groups is 2. The van der Waals surface area contributed by atoms with Gasteiger partial charge in [-0.1, -0.05) is 30.3 Å². The van der Waals surface area contributed by atoms with Crippen LogP contribution in [0.3, 0.4) is 0 Å². The number of ether oxygens (including phenoxy) is 2. The van der Waals surface area contributed by atoms with E-state index in [4.69, 9.17) is 9.47 Å². The Morgan fingerprint density at radius 2 is 1.66 bits per heavy atom. The summed E-state index contributed by atoms with van der Waals surface area (Å²) in [4.78, 5) is 31.8. The fraction of sp³-hybridized carbons (Fsp3) is 0.353. The molecule has 2 unspecified atom stereocenters. The predicted octanol–water partition coefficient (Wildman–Crippen LogP) is 6.61. The predicted molar refractivity (Wildman–Crippen MR) is 162 cm³/mol. The molecule has 1 amide bonds. The Hall–Kier alpha value is -4.26. The molecule has 7 heteroatoms. The minimum atomic E-state index is -0.617. The van der Waals surface area contributed by atoms with Crippen LogP contribution in [0.25, 0.3) is 0 Å². The molecule has 6 rings (SSSR count). The Morgan fingerprint density at radius 1 is 0.902 bits per heavy atom. The number of hydrogen-bond donors (Lipinski definition) is 1. The lowest BCUT2D eigenvalue weighted by atomic mass is 9.78. The molecule has 1 N–H and O–H groups in total. The number of methoxy groups -OCH3 is 2. The molecule has 0 aromatic heterocycles. The van der Waals surface area contributed by atoms with E-state index in [1.54, 1.807) is 26.0 Å². The van der Waals surface area contributed by atoms with Crippen molar-refractivity contribution in [3.05, 3.63) is 89.1 Å². The highest BCUT2D eigenvalue weighted by Gasteiger charge is 2.42. The molecule has 0 spiro atoms. The van der Waals surface area contributed by atoms with Crippen molar-refractivity contribution in [1.29, 1.82) is 0 Å². The molecule has 1 saturated heterocycles. The third kappa shape index (κ3) is 5.05. The van der Waals surface area contributed by atoms with Gasteiger partial charge < -0.3 is 19.7 Å². The number of para-hydroxylation sites is 2. The Balaban J connectivity index is 1.49. The van der Waals surface area contributed by atoms with Crippen LogP contribution < -0.4 is 24.6 Å². The van der Waals surface area contributed by atoms with Gasteiger partial charge in [-0.05, 0) is 67.5 Å². The molecule has 2 heterocycles. The lowest BCUT2D eigenvalue weighted by Gasteiger charge is -2.36. The Labute approximate surface area is 241 Å². The molecule has 0 radical (unpaired) electrons. The zero-order valence-electron chi connectivity index (χ0n) is 24.0. The number of carbonyl (C=O) groups excluding carboxylic acids is 2. The molecule has 3 aromatic rings. The van der Waals surface area contributed by atoms with Crippen LogP contribution in [0.4, 0.5) is 17.1 Å². The maximum Gasteiger partial charge on any atom is 0.224 e. The molecule has 2 aliphatic heterocycles. The average molecular weight is 552 g/mol. The van der Waals surface area contributed by atoms with E-state index in [1.165, 1.54) is 19.3 Å². The van der Waals surface area contributed by atoms with Crippen molar-refractivity contribution in [3.8, 4) is 11.5 Å². The van der Waals surface area contributed by atoms with Gasteiger partial charge in [0.15, 0.2) is 5.78 Å². The highest BCUT2D eigenvalue weighted by atomic mass is 16.5. The molecular weight excluding hydrogens is 514 g/mol. The quantitative estimate of drug-likeness (QED) is 0.385. The van der Waals surface area contributed by atoms with E-state index in [1.807, 2.05) is 54.6 Å². The minimum absolute atomic E-state index is 0.0136. The molecule has 3 aliphatic rings. The van der Waals surface area contributed by atoms with Crippen molar-refractivity contribution in [2.24, 2.45) is 0 Å².